The third-order valence-corrected chi connectivity index (χ3v) is 4.23. The first-order valence-corrected chi connectivity index (χ1v) is 8.44. The van der Waals surface area contributed by atoms with E-state index >= 15 is 0 Å². The fourth-order valence-corrected chi connectivity index (χ4v) is 2.84. The molecule has 2 aromatic carbocycles. The summed E-state index contributed by atoms with van der Waals surface area (Å²) in [4.78, 5) is 1.95. The van der Waals surface area contributed by atoms with Gasteiger partial charge in [0.15, 0.2) is 11.6 Å². The molecule has 0 aliphatic rings. The van der Waals surface area contributed by atoms with Crippen molar-refractivity contribution in [2.75, 3.05) is 13.6 Å². The minimum Gasteiger partial charge on any atom is -0.302 e. The first kappa shape index (κ1) is 18.2. The quantitative estimate of drug-likeness (QED) is 0.671. The van der Waals surface area contributed by atoms with E-state index in [1.54, 1.807) is 18.2 Å². The monoisotopic (exact) mass is 359 g/mol. The molecule has 0 aliphatic carbocycles. The van der Waals surface area contributed by atoms with E-state index in [0.29, 0.717) is 12.1 Å². The smallest absolute Gasteiger partial charge is 0.163 e. The van der Waals surface area contributed by atoms with Gasteiger partial charge in [-0.2, -0.15) is 5.10 Å². The van der Waals surface area contributed by atoms with E-state index in [-0.39, 0.29) is 5.82 Å². The summed E-state index contributed by atoms with van der Waals surface area (Å²) in [5.74, 6) is -1.87. The summed E-state index contributed by atoms with van der Waals surface area (Å²) in [6.45, 7) is 1.09. The van der Waals surface area contributed by atoms with Crippen molar-refractivity contribution >= 4 is 0 Å². The van der Waals surface area contributed by atoms with Crippen LogP contribution in [0, 0.1) is 17.5 Å². The molecule has 0 fully saturated rings. The average molecular weight is 359 g/mol. The van der Waals surface area contributed by atoms with Gasteiger partial charge in [0.1, 0.15) is 5.82 Å². The molecule has 0 aliphatic heterocycles. The van der Waals surface area contributed by atoms with E-state index in [9.17, 15) is 13.2 Å². The van der Waals surface area contributed by atoms with Gasteiger partial charge in [0.2, 0.25) is 0 Å². The summed E-state index contributed by atoms with van der Waals surface area (Å²) >= 11 is 0. The minimum atomic E-state index is -0.818. The average Bonchev–Trinajstić information content (AvgIpc) is 3.08. The lowest BCUT2D eigenvalue weighted by molar-refractivity contribution is 0.314. The molecule has 0 saturated carbocycles. The number of rotatable bonds is 7. The van der Waals surface area contributed by atoms with Gasteiger partial charge in [0.05, 0.1) is 5.69 Å². The molecular formula is C20H20F3N3. The highest BCUT2D eigenvalue weighted by molar-refractivity contribution is 5.58. The van der Waals surface area contributed by atoms with Crippen molar-refractivity contribution in [3.8, 4) is 11.3 Å². The van der Waals surface area contributed by atoms with Crippen molar-refractivity contribution in [1.29, 1.82) is 0 Å². The maximum Gasteiger partial charge on any atom is 0.163 e. The Labute approximate surface area is 150 Å². The van der Waals surface area contributed by atoms with Gasteiger partial charge >= 0.3 is 0 Å². The van der Waals surface area contributed by atoms with Gasteiger partial charge in [-0.25, -0.2) is 13.2 Å². The van der Waals surface area contributed by atoms with E-state index in [4.69, 9.17) is 0 Å². The van der Waals surface area contributed by atoms with Crippen LogP contribution in [0.1, 0.15) is 17.7 Å². The maximum atomic E-state index is 13.7. The van der Waals surface area contributed by atoms with Crippen molar-refractivity contribution in [1.82, 2.24) is 15.1 Å². The zero-order valence-corrected chi connectivity index (χ0v) is 14.5. The first-order valence-electron chi connectivity index (χ1n) is 8.44. The third kappa shape index (κ3) is 4.52. The zero-order chi connectivity index (χ0) is 18.5. The molecule has 0 spiro atoms. The third-order valence-electron chi connectivity index (χ3n) is 4.23. The summed E-state index contributed by atoms with van der Waals surface area (Å²) < 4.78 is 39.9. The summed E-state index contributed by atoms with van der Waals surface area (Å²) in [5.41, 5.74) is 2.96. The Bertz CT molecular complexity index is 859. The zero-order valence-electron chi connectivity index (χ0n) is 14.5. The Morgan fingerprint density at radius 2 is 1.81 bits per heavy atom. The number of nitrogens with one attached hydrogen (secondary N) is 1. The second kappa shape index (κ2) is 8.19. The topological polar surface area (TPSA) is 31.9 Å². The lowest BCUT2D eigenvalue weighted by atomic mass is 10.1. The minimum absolute atomic E-state index is 0.276. The second-order valence-electron chi connectivity index (χ2n) is 6.34. The molecule has 3 nitrogen and oxygen atoms in total. The number of aryl methyl sites for hydroxylation is 1. The van der Waals surface area contributed by atoms with Crippen molar-refractivity contribution in [2.24, 2.45) is 0 Å². The number of aromatic amines is 1. The van der Waals surface area contributed by atoms with E-state index in [0.717, 1.165) is 42.4 Å². The van der Waals surface area contributed by atoms with Crippen molar-refractivity contribution in [3.05, 3.63) is 77.2 Å². The summed E-state index contributed by atoms with van der Waals surface area (Å²) in [6.07, 6.45) is 1.63. The first-order chi connectivity index (χ1) is 12.5. The largest absolute Gasteiger partial charge is 0.302 e. The van der Waals surface area contributed by atoms with E-state index in [1.165, 1.54) is 18.2 Å². The van der Waals surface area contributed by atoms with Gasteiger partial charge in [-0.3, -0.25) is 5.10 Å². The highest BCUT2D eigenvalue weighted by atomic mass is 19.2. The van der Waals surface area contributed by atoms with Crippen LogP contribution in [0.3, 0.4) is 0 Å². The lowest BCUT2D eigenvalue weighted by Crippen LogP contribution is -2.20. The highest BCUT2D eigenvalue weighted by Crippen LogP contribution is 2.19. The molecule has 0 radical (unpaired) electrons. The summed E-state index contributed by atoms with van der Waals surface area (Å²) in [7, 11) is 1.88. The molecule has 26 heavy (non-hydrogen) atoms. The van der Waals surface area contributed by atoms with Crippen LogP contribution in [0.15, 0.2) is 48.5 Å². The Hall–Kier alpha value is -2.60. The Morgan fingerprint density at radius 1 is 1.04 bits per heavy atom. The molecule has 136 valence electrons. The molecule has 0 atom stereocenters. The molecule has 3 aromatic rings. The summed E-state index contributed by atoms with van der Waals surface area (Å²) in [5, 5.41) is 7.24. The van der Waals surface area contributed by atoms with Gasteiger partial charge < -0.3 is 4.90 Å². The summed E-state index contributed by atoms with van der Waals surface area (Å²) in [6, 6.07) is 12.4. The standard InChI is InChI=1S/C20H20F3N3/c1-26(13-15-4-2-6-18(22)20(15)23)11-3-5-17-12-19(25-24-17)14-7-9-16(21)10-8-14/h2,4,6-10,12H,3,5,11,13H2,1H3,(H,24,25). The Kier molecular flexibility index (Phi) is 5.73. The molecule has 0 unspecified atom stereocenters. The molecule has 1 N–H and O–H groups in total. The number of nitrogens with zero attached hydrogens (tertiary/aromatic N) is 2. The van der Waals surface area contributed by atoms with Crippen LogP contribution in [0.2, 0.25) is 0 Å². The van der Waals surface area contributed by atoms with Crippen LogP contribution in [-0.4, -0.2) is 28.7 Å². The number of benzene rings is 2. The molecule has 0 bridgehead atoms. The lowest BCUT2D eigenvalue weighted by Gasteiger charge is -2.16. The molecule has 1 heterocycles. The van der Waals surface area contributed by atoms with Gasteiger partial charge in [0, 0.05) is 23.4 Å². The maximum absolute atomic E-state index is 13.7. The van der Waals surface area contributed by atoms with Crippen molar-refractivity contribution in [3.63, 3.8) is 0 Å². The van der Waals surface area contributed by atoms with Crippen LogP contribution >= 0.6 is 0 Å². The van der Waals surface area contributed by atoms with Crippen LogP contribution in [0.4, 0.5) is 13.2 Å². The van der Waals surface area contributed by atoms with Gasteiger partial charge in [0.25, 0.3) is 0 Å². The SMILES string of the molecule is CN(CCCc1cc(-c2ccc(F)cc2)n[nH]1)Cc1cccc(F)c1F. The molecule has 6 heteroatoms. The van der Waals surface area contributed by atoms with Gasteiger partial charge in [-0.15, -0.1) is 0 Å². The van der Waals surface area contributed by atoms with Gasteiger partial charge in [-0.05, 0) is 62.8 Å². The predicted molar refractivity (Wildman–Crippen MR) is 95.0 cm³/mol. The predicted octanol–water partition coefficient (Wildman–Crippen LogP) is 4.56. The van der Waals surface area contributed by atoms with Crippen molar-refractivity contribution < 1.29 is 13.2 Å². The molecular weight excluding hydrogens is 339 g/mol. The molecule has 0 amide bonds. The van der Waals surface area contributed by atoms with E-state index in [2.05, 4.69) is 10.2 Å². The number of H-pyrrole nitrogens is 1. The highest BCUT2D eigenvalue weighted by Gasteiger charge is 2.10. The van der Waals surface area contributed by atoms with Crippen LogP contribution in [0.25, 0.3) is 11.3 Å². The Balaban J connectivity index is 1.50. The van der Waals surface area contributed by atoms with Crippen LogP contribution in [0.5, 0.6) is 0 Å². The Morgan fingerprint density at radius 3 is 2.58 bits per heavy atom. The van der Waals surface area contributed by atoms with Gasteiger partial charge in [-0.1, -0.05) is 12.1 Å². The molecule has 3 rings (SSSR count). The van der Waals surface area contributed by atoms with E-state index < -0.39 is 11.6 Å². The number of hydrogen-bond acceptors (Lipinski definition) is 2. The fourth-order valence-electron chi connectivity index (χ4n) is 2.84. The fraction of sp³-hybridized carbons (Fsp3) is 0.250. The number of aromatic nitrogens is 2. The number of halogens is 3. The normalized spacial score (nSPS) is 11.3. The molecule has 0 saturated heterocycles. The van der Waals surface area contributed by atoms with Crippen LogP contribution in [-0.2, 0) is 13.0 Å². The molecule has 1 aromatic heterocycles. The van der Waals surface area contributed by atoms with E-state index in [1.807, 2.05) is 18.0 Å². The second-order valence-corrected chi connectivity index (χ2v) is 6.34. The number of hydrogen-bond donors (Lipinski definition) is 1. The van der Waals surface area contributed by atoms with Crippen molar-refractivity contribution in [2.45, 2.75) is 19.4 Å². The van der Waals surface area contributed by atoms with Crippen LogP contribution < -0.4 is 0 Å².